The molecule has 1 fully saturated rings. The molecule has 1 saturated heterocycles. The fourth-order valence-corrected chi connectivity index (χ4v) is 3.55. The van der Waals surface area contributed by atoms with Gasteiger partial charge in [0.15, 0.2) is 5.13 Å². The van der Waals surface area contributed by atoms with Crippen molar-refractivity contribution >= 4 is 28.3 Å². The highest BCUT2D eigenvalue weighted by molar-refractivity contribution is 7.14. The number of amides is 1. The highest BCUT2D eigenvalue weighted by atomic mass is 32.1. The van der Waals surface area contributed by atoms with Crippen LogP contribution in [0, 0.1) is 5.92 Å². The number of halogens is 3. The van der Waals surface area contributed by atoms with Gasteiger partial charge in [-0.25, -0.2) is 9.78 Å². The summed E-state index contributed by atoms with van der Waals surface area (Å²) in [5.41, 5.74) is 7.43. The lowest BCUT2D eigenvalue weighted by atomic mass is 9.97. The van der Waals surface area contributed by atoms with Gasteiger partial charge in [0.25, 0.3) is 0 Å². The number of nitrogens with zero attached hydrogens (tertiary/aromatic N) is 2. The molecule has 0 aliphatic carbocycles. The number of hydrogen-bond acceptors (Lipinski definition) is 6. The molecule has 0 saturated carbocycles. The summed E-state index contributed by atoms with van der Waals surface area (Å²) < 4.78 is 36.9. The van der Waals surface area contributed by atoms with Gasteiger partial charge in [-0.15, -0.1) is 11.3 Å². The monoisotopic (exact) mass is 431 g/mol. The minimum atomic E-state index is -5.08. The average Bonchev–Trinajstić information content (AvgIpc) is 3.18. The number of benzene rings is 1. The molecule has 11 heteroatoms. The van der Waals surface area contributed by atoms with Crippen LogP contribution in [0.4, 0.5) is 18.3 Å². The fourth-order valence-electron chi connectivity index (χ4n) is 2.66. The van der Waals surface area contributed by atoms with Crippen LogP contribution in [0.25, 0.3) is 11.3 Å². The summed E-state index contributed by atoms with van der Waals surface area (Å²) in [5, 5.41) is 10.2. The summed E-state index contributed by atoms with van der Waals surface area (Å²) >= 11 is 1.64. The van der Waals surface area contributed by atoms with Crippen LogP contribution >= 0.6 is 11.3 Å². The second kappa shape index (κ2) is 9.59. The summed E-state index contributed by atoms with van der Waals surface area (Å²) in [6.07, 6.45) is -3.46. The molecular formula is C18H20F3N3O4S. The number of alkyl halides is 3. The number of aliphatic carboxylic acids is 1. The number of hydrogen-bond donors (Lipinski definition) is 2. The third-order valence-corrected chi connectivity index (χ3v) is 5.19. The zero-order valence-corrected chi connectivity index (χ0v) is 16.3. The topological polar surface area (TPSA) is 106 Å². The van der Waals surface area contributed by atoms with Crippen LogP contribution < -0.4 is 15.4 Å². The number of rotatable bonds is 4. The first kappa shape index (κ1) is 22.5. The number of carboxylic acids is 1. The molecule has 7 nitrogen and oxygen atoms in total. The van der Waals surface area contributed by atoms with Gasteiger partial charge >= 0.3 is 12.1 Å². The third-order valence-electron chi connectivity index (χ3n) is 4.29. The van der Waals surface area contributed by atoms with Crippen molar-refractivity contribution in [3.63, 3.8) is 0 Å². The van der Waals surface area contributed by atoms with Gasteiger partial charge in [-0.2, -0.15) is 13.2 Å². The van der Waals surface area contributed by atoms with Crippen molar-refractivity contribution in [2.45, 2.75) is 19.0 Å². The molecule has 0 bridgehead atoms. The molecule has 2 heterocycles. The van der Waals surface area contributed by atoms with Crippen molar-refractivity contribution in [1.29, 1.82) is 0 Å². The Morgan fingerprint density at radius 2 is 1.79 bits per heavy atom. The lowest BCUT2D eigenvalue weighted by molar-refractivity contribution is -0.192. The Bertz CT molecular complexity index is 832. The van der Waals surface area contributed by atoms with E-state index in [0.717, 1.165) is 48.1 Å². The summed E-state index contributed by atoms with van der Waals surface area (Å²) in [5.74, 6) is -2.09. The number of nitrogens with two attached hydrogens (primary N) is 1. The molecule has 1 aromatic heterocycles. The predicted octanol–water partition coefficient (Wildman–Crippen LogP) is 3.15. The zero-order chi connectivity index (χ0) is 21.6. The van der Waals surface area contributed by atoms with E-state index in [9.17, 15) is 18.0 Å². The van der Waals surface area contributed by atoms with Gasteiger partial charge in [-0.05, 0) is 37.1 Å². The number of thiazole rings is 1. The van der Waals surface area contributed by atoms with Crippen molar-refractivity contribution in [2.24, 2.45) is 11.7 Å². The van der Waals surface area contributed by atoms with Crippen molar-refractivity contribution < 1.29 is 32.6 Å². The molecule has 158 valence electrons. The van der Waals surface area contributed by atoms with E-state index in [2.05, 4.69) is 10.3 Å². The second-order valence-electron chi connectivity index (χ2n) is 6.21. The van der Waals surface area contributed by atoms with Gasteiger partial charge in [0.05, 0.1) is 12.8 Å². The first-order valence-corrected chi connectivity index (χ1v) is 9.44. The van der Waals surface area contributed by atoms with Crippen molar-refractivity contribution in [3.05, 3.63) is 29.6 Å². The van der Waals surface area contributed by atoms with Crippen LogP contribution in [-0.4, -0.2) is 48.3 Å². The van der Waals surface area contributed by atoms with Crippen molar-refractivity contribution in [3.8, 4) is 17.0 Å². The summed E-state index contributed by atoms with van der Waals surface area (Å²) in [6.45, 7) is 1.67. The maximum Gasteiger partial charge on any atom is 0.490 e. The first-order valence-electron chi connectivity index (χ1n) is 8.56. The Labute approximate surface area is 168 Å². The average molecular weight is 431 g/mol. The number of carbonyl (C=O) groups excluding carboxylic acids is 1. The van der Waals surface area contributed by atoms with E-state index in [1.165, 1.54) is 0 Å². The summed E-state index contributed by atoms with van der Waals surface area (Å²) in [4.78, 5) is 27.1. The second-order valence-corrected chi connectivity index (χ2v) is 7.05. The maximum absolute atomic E-state index is 11.2. The zero-order valence-electron chi connectivity index (χ0n) is 15.5. The van der Waals surface area contributed by atoms with E-state index < -0.39 is 12.1 Å². The predicted molar refractivity (Wildman–Crippen MR) is 102 cm³/mol. The fraction of sp³-hybridized carbons (Fsp3) is 0.389. The van der Waals surface area contributed by atoms with Crippen molar-refractivity contribution in [1.82, 2.24) is 4.98 Å². The largest absolute Gasteiger partial charge is 0.497 e. The van der Waals surface area contributed by atoms with Crippen LogP contribution in [0.15, 0.2) is 29.6 Å². The number of primary amides is 1. The van der Waals surface area contributed by atoms with E-state index in [4.69, 9.17) is 25.4 Å². The van der Waals surface area contributed by atoms with Crippen LogP contribution in [0.5, 0.6) is 5.75 Å². The molecule has 0 unspecified atom stereocenters. The molecule has 0 atom stereocenters. The molecule has 1 aromatic carbocycles. The van der Waals surface area contributed by atoms with Crippen LogP contribution in [0.1, 0.15) is 12.8 Å². The van der Waals surface area contributed by atoms with Crippen LogP contribution in [0.2, 0.25) is 0 Å². The van der Waals surface area contributed by atoms with Crippen LogP contribution in [-0.2, 0) is 9.59 Å². The van der Waals surface area contributed by atoms with Gasteiger partial charge < -0.3 is 20.5 Å². The maximum atomic E-state index is 11.2. The van der Waals surface area contributed by atoms with Gasteiger partial charge in [0.2, 0.25) is 5.91 Å². The molecule has 29 heavy (non-hydrogen) atoms. The molecule has 1 aliphatic rings. The highest BCUT2D eigenvalue weighted by Gasteiger charge is 2.38. The Kier molecular flexibility index (Phi) is 7.43. The number of piperidine rings is 1. The smallest absolute Gasteiger partial charge is 0.490 e. The first-order chi connectivity index (χ1) is 13.6. The Hall–Kier alpha value is -2.82. The molecule has 1 amide bonds. The van der Waals surface area contributed by atoms with E-state index in [-0.39, 0.29) is 11.8 Å². The number of methoxy groups -OCH3 is 1. The highest BCUT2D eigenvalue weighted by Crippen LogP contribution is 2.31. The van der Waals surface area contributed by atoms with Gasteiger partial charge in [0.1, 0.15) is 5.75 Å². The standard InChI is InChI=1S/C16H19N3O2S.C2HF3O2/c1-21-13-4-2-11(3-5-13)14-10-22-16(18-14)19-8-6-12(7-9-19)15(17)20;3-2(4,5)1(6)7/h2-5,10,12H,6-9H2,1H3,(H2,17,20);(H,6,7). The molecule has 3 N–H and O–H groups in total. The molecular weight excluding hydrogens is 411 g/mol. The molecule has 1 aliphatic heterocycles. The van der Waals surface area contributed by atoms with Gasteiger partial charge in [0, 0.05) is 30.0 Å². The summed E-state index contributed by atoms with van der Waals surface area (Å²) in [7, 11) is 1.66. The Morgan fingerprint density at radius 3 is 2.24 bits per heavy atom. The minimum Gasteiger partial charge on any atom is -0.497 e. The lowest BCUT2D eigenvalue weighted by Crippen LogP contribution is -2.38. The van der Waals surface area contributed by atoms with Crippen LogP contribution in [0.3, 0.4) is 0 Å². The number of ether oxygens (including phenoxy) is 1. The quantitative estimate of drug-likeness (QED) is 0.771. The Balaban J connectivity index is 0.000000370. The van der Waals surface area contributed by atoms with E-state index >= 15 is 0 Å². The van der Waals surface area contributed by atoms with E-state index in [1.54, 1.807) is 18.4 Å². The summed E-state index contributed by atoms with van der Waals surface area (Å²) in [6, 6.07) is 7.90. The normalized spacial score (nSPS) is 14.7. The minimum absolute atomic E-state index is 0.0114. The van der Waals surface area contributed by atoms with Crippen molar-refractivity contribution in [2.75, 3.05) is 25.1 Å². The molecule has 0 radical (unpaired) electrons. The number of carboxylic acid groups (broad SMARTS) is 1. The number of anilines is 1. The van der Waals surface area contributed by atoms with E-state index in [1.807, 2.05) is 24.3 Å². The number of carbonyl (C=O) groups is 2. The molecule has 0 spiro atoms. The Morgan fingerprint density at radius 1 is 1.24 bits per heavy atom. The third kappa shape index (κ3) is 6.34. The van der Waals surface area contributed by atoms with E-state index in [0.29, 0.717) is 0 Å². The molecule has 3 rings (SSSR count). The molecule has 2 aromatic rings. The SMILES string of the molecule is COc1ccc(-c2csc(N3CCC(C(N)=O)CC3)n2)cc1.O=C(O)C(F)(F)F. The lowest BCUT2D eigenvalue weighted by Gasteiger charge is -2.30. The number of aromatic nitrogens is 1. The van der Waals surface area contributed by atoms with Gasteiger partial charge in [-0.3, -0.25) is 4.79 Å². The van der Waals surface area contributed by atoms with Gasteiger partial charge in [-0.1, -0.05) is 0 Å².